The number of benzene rings is 2. The van der Waals surface area contributed by atoms with E-state index >= 15 is 0 Å². The van der Waals surface area contributed by atoms with Crippen molar-refractivity contribution in [1.29, 1.82) is 0 Å². The van der Waals surface area contributed by atoms with Gasteiger partial charge < -0.3 is 15.2 Å². The normalized spacial score (nSPS) is 21.1. The van der Waals surface area contributed by atoms with Crippen LogP contribution in [0.1, 0.15) is 68.5 Å². The zero-order valence-electron chi connectivity index (χ0n) is 20.0. The Balaban J connectivity index is 0.00000204. The van der Waals surface area contributed by atoms with Crippen molar-refractivity contribution in [2.24, 2.45) is 0 Å². The van der Waals surface area contributed by atoms with Gasteiger partial charge in [0.05, 0.1) is 10.6 Å². The minimum Gasteiger partial charge on any atom is -0.487 e. The van der Waals surface area contributed by atoms with Gasteiger partial charge in [0.2, 0.25) is 0 Å². The molecular weight excluding hydrogens is 491 g/mol. The van der Waals surface area contributed by atoms with Gasteiger partial charge in [-0.05, 0) is 69.0 Å². The molecular formula is C27H39Cl3N2O2. The SMILES string of the molecule is CN[C@H]1CCCN(C(CC2(O)CCCCC2)c2ccc(OCc3ccccc3)c(Cl)c2)C1.Cl.Cl. The molecule has 2 N–H and O–H groups in total. The predicted octanol–water partition coefficient (Wildman–Crippen LogP) is 6.57. The molecule has 0 aromatic heterocycles. The van der Waals surface area contributed by atoms with Gasteiger partial charge in [-0.2, -0.15) is 0 Å². The molecule has 4 nitrogen and oxygen atoms in total. The number of nitrogens with one attached hydrogen (secondary N) is 1. The lowest BCUT2D eigenvalue weighted by molar-refractivity contribution is -0.0319. The number of nitrogens with zero attached hydrogens (tertiary/aromatic N) is 1. The Labute approximate surface area is 222 Å². The van der Waals surface area contributed by atoms with Crippen LogP contribution in [0.5, 0.6) is 5.75 Å². The van der Waals surface area contributed by atoms with Gasteiger partial charge in [-0.15, -0.1) is 24.8 Å². The second-order valence-electron chi connectivity index (χ2n) is 9.59. The summed E-state index contributed by atoms with van der Waals surface area (Å²) in [5, 5.41) is 15.5. The summed E-state index contributed by atoms with van der Waals surface area (Å²) in [6.45, 7) is 2.56. The van der Waals surface area contributed by atoms with Gasteiger partial charge >= 0.3 is 0 Å². The van der Waals surface area contributed by atoms with E-state index in [-0.39, 0.29) is 30.9 Å². The lowest BCUT2D eigenvalue weighted by Gasteiger charge is -2.43. The maximum Gasteiger partial charge on any atom is 0.138 e. The van der Waals surface area contributed by atoms with Crippen LogP contribution in [0.3, 0.4) is 0 Å². The van der Waals surface area contributed by atoms with Crippen molar-refractivity contribution in [3.8, 4) is 5.75 Å². The van der Waals surface area contributed by atoms with Crippen molar-refractivity contribution in [3.05, 3.63) is 64.7 Å². The van der Waals surface area contributed by atoms with E-state index in [1.165, 1.54) is 24.8 Å². The van der Waals surface area contributed by atoms with Gasteiger partial charge in [-0.3, -0.25) is 4.90 Å². The average molecular weight is 530 g/mol. The summed E-state index contributed by atoms with van der Waals surface area (Å²) in [4.78, 5) is 2.55. The molecule has 0 amide bonds. The van der Waals surface area contributed by atoms with Gasteiger partial charge in [0.1, 0.15) is 12.4 Å². The second-order valence-corrected chi connectivity index (χ2v) is 10.00. The van der Waals surface area contributed by atoms with Crippen molar-refractivity contribution in [3.63, 3.8) is 0 Å². The average Bonchev–Trinajstić information content (AvgIpc) is 2.83. The van der Waals surface area contributed by atoms with Crippen molar-refractivity contribution in [2.45, 2.75) is 75.7 Å². The Morgan fingerprint density at radius 1 is 1.09 bits per heavy atom. The first-order valence-electron chi connectivity index (χ1n) is 12.2. The third kappa shape index (κ3) is 7.74. The molecule has 1 aliphatic heterocycles. The molecule has 2 aromatic rings. The van der Waals surface area contributed by atoms with Crippen LogP contribution in [0.2, 0.25) is 5.02 Å². The fourth-order valence-electron chi connectivity index (χ4n) is 5.33. The lowest BCUT2D eigenvalue weighted by Crippen LogP contribution is -2.48. The molecule has 34 heavy (non-hydrogen) atoms. The highest BCUT2D eigenvalue weighted by Crippen LogP contribution is 2.40. The largest absolute Gasteiger partial charge is 0.487 e. The molecule has 1 heterocycles. The van der Waals surface area contributed by atoms with E-state index in [0.29, 0.717) is 23.4 Å². The Morgan fingerprint density at radius 3 is 2.50 bits per heavy atom. The summed E-state index contributed by atoms with van der Waals surface area (Å²) < 4.78 is 6.00. The van der Waals surface area contributed by atoms with E-state index in [4.69, 9.17) is 16.3 Å². The van der Waals surface area contributed by atoms with Gasteiger partial charge in [0.15, 0.2) is 0 Å². The van der Waals surface area contributed by atoms with Crippen molar-refractivity contribution in [2.75, 3.05) is 20.1 Å². The third-order valence-electron chi connectivity index (χ3n) is 7.24. The van der Waals surface area contributed by atoms with Gasteiger partial charge in [0.25, 0.3) is 0 Å². The van der Waals surface area contributed by atoms with E-state index in [1.54, 1.807) is 0 Å². The number of aliphatic hydroxyl groups is 1. The topological polar surface area (TPSA) is 44.7 Å². The number of hydrogen-bond acceptors (Lipinski definition) is 4. The quantitative estimate of drug-likeness (QED) is 0.406. The highest BCUT2D eigenvalue weighted by atomic mass is 35.5. The van der Waals surface area contributed by atoms with Crippen molar-refractivity contribution >= 4 is 36.4 Å². The summed E-state index contributed by atoms with van der Waals surface area (Å²) in [6.07, 6.45) is 8.42. The van der Waals surface area contributed by atoms with E-state index < -0.39 is 5.60 Å². The first kappa shape index (κ1) is 29.2. The summed E-state index contributed by atoms with van der Waals surface area (Å²) >= 11 is 6.69. The number of hydrogen-bond donors (Lipinski definition) is 2. The molecule has 1 saturated heterocycles. The summed E-state index contributed by atoms with van der Waals surface area (Å²) in [5.41, 5.74) is 1.72. The third-order valence-corrected chi connectivity index (χ3v) is 7.53. The molecule has 2 fully saturated rings. The molecule has 1 aliphatic carbocycles. The molecule has 1 saturated carbocycles. The molecule has 190 valence electrons. The van der Waals surface area contributed by atoms with E-state index in [2.05, 4.69) is 34.5 Å². The van der Waals surface area contributed by atoms with E-state index in [0.717, 1.165) is 50.8 Å². The van der Waals surface area contributed by atoms with Crippen LogP contribution in [0.4, 0.5) is 0 Å². The van der Waals surface area contributed by atoms with Crippen LogP contribution in [-0.4, -0.2) is 41.8 Å². The summed E-state index contributed by atoms with van der Waals surface area (Å²) in [5.74, 6) is 0.709. The highest BCUT2D eigenvalue weighted by Gasteiger charge is 2.36. The van der Waals surface area contributed by atoms with Gasteiger partial charge in [-0.1, -0.05) is 67.3 Å². The number of likely N-dealkylation sites (N-methyl/N-ethyl adjacent to an activating group) is 1. The fourth-order valence-corrected chi connectivity index (χ4v) is 5.58. The van der Waals surface area contributed by atoms with Crippen LogP contribution < -0.4 is 10.1 Å². The van der Waals surface area contributed by atoms with Crippen molar-refractivity contribution < 1.29 is 9.84 Å². The Kier molecular flexibility index (Phi) is 12.0. The molecule has 2 aliphatic rings. The number of ether oxygens (including phenoxy) is 1. The first-order valence-corrected chi connectivity index (χ1v) is 12.5. The second kappa shape index (κ2) is 13.9. The molecule has 0 radical (unpaired) electrons. The zero-order valence-corrected chi connectivity index (χ0v) is 22.4. The van der Waals surface area contributed by atoms with Crippen molar-refractivity contribution in [1.82, 2.24) is 10.2 Å². The molecule has 2 atom stereocenters. The maximum absolute atomic E-state index is 11.4. The van der Waals surface area contributed by atoms with Crippen LogP contribution >= 0.6 is 36.4 Å². The summed E-state index contributed by atoms with van der Waals surface area (Å²) in [6, 6.07) is 17.0. The molecule has 2 aromatic carbocycles. The first-order chi connectivity index (χ1) is 15.6. The van der Waals surface area contributed by atoms with Gasteiger partial charge in [0, 0.05) is 18.6 Å². The standard InChI is InChI=1S/C27H37ClN2O2.2ClH/c1-29-23-11-8-16-30(19-23)25(18-27(31)14-6-3-7-15-27)22-12-13-26(24(28)17-22)32-20-21-9-4-2-5-10-21;;/h2,4-5,9-10,12-13,17,23,25,29,31H,3,6-8,11,14-16,18-20H2,1H3;2*1H/t23-,25?;;/m0../s1. The Hall–Kier alpha value is -1.01. The minimum absolute atomic E-state index is 0. The molecule has 4 rings (SSSR count). The molecule has 0 spiro atoms. The smallest absolute Gasteiger partial charge is 0.138 e. The predicted molar refractivity (Wildman–Crippen MR) is 146 cm³/mol. The maximum atomic E-state index is 11.4. The Morgan fingerprint density at radius 2 is 1.82 bits per heavy atom. The van der Waals surface area contributed by atoms with E-state index in [1.807, 2.05) is 31.3 Å². The molecule has 1 unspecified atom stereocenters. The van der Waals surface area contributed by atoms with E-state index in [9.17, 15) is 5.11 Å². The van der Waals surface area contributed by atoms with Crippen LogP contribution in [-0.2, 0) is 6.61 Å². The molecule has 0 bridgehead atoms. The van der Waals surface area contributed by atoms with Crippen LogP contribution in [0.15, 0.2) is 48.5 Å². The number of rotatable bonds is 8. The Bertz CT molecular complexity index is 862. The minimum atomic E-state index is -0.579. The number of halogens is 3. The zero-order chi connectivity index (χ0) is 22.4. The van der Waals surface area contributed by atoms with Gasteiger partial charge in [-0.25, -0.2) is 0 Å². The fraction of sp³-hybridized carbons (Fsp3) is 0.556. The summed E-state index contributed by atoms with van der Waals surface area (Å²) in [7, 11) is 2.05. The molecule has 7 heteroatoms. The lowest BCUT2D eigenvalue weighted by atomic mass is 9.78. The number of likely N-dealkylation sites (tertiary alicyclic amines) is 1. The highest BCUT2D eigenvalue weighted by molar-refractivity contribution is 6.32. The van der Waals surface area contributed by atoms with Crippen LogP contribution in [0.25, 0.3) is 0 Å². The van der Waals surface area contributed by atoms with Crippen LogP contribution in [0, 0.1) is 0 Å². The number of piperidine rings is 1. The monoisotopic (exact) mass is 528 g/mol.